The van der Waals surface area contributed by atoms with Crippen LogP contribution < -0.4 is 9.47 Å². The average Bonchev–Trinajstić information content (AvgIpc) is 2.35. The van der Waals surface area contributed by atoms with Crippen LogP contribution in [0.5, 0.6) is 11.5 Å². The topological polar surface area (TPSA) is 142 Å². The first-order valence-electron chi connectivity index (χ1n) is 4.66. The molecule has 10 heteroatoms. The first kappa shape index (κ1) is 14.2. The molecule has 0 atom stereocenters. The van der Waals surface area contributed by atoms with E-state index < -0.39 is 44.3 Å². The SMILES string of the molecule is COc1c([N+](=O)[O-])cc([N+](=O)[O-])c(OC)c1C(=O)O. The van der Waals surface area contributed by atoms with Gasteiger partial charge >= 0.3 is 17.3 Å². The van der Waals surface area contributed by atoms with E-state index in [1.807, 2.05) is 0 Å². The van der Waals surface area contributed by atoms with Gasteiger partial charge in [0, 0.05) is 0 Å². The number of carbonyl (C=O) groups is 1. The molecule has 1 rings (SSSR count). The number of nitro groups is 2. The van der Waals surface area contributed by atoms with Crippen LogP contribution in [0.25, 0.3) is 0 Å². The molecule has 1 aromatic rings. The molecule has 0 aromatic heterocycles. The van der Waals surface area contributed by atoms with Crippen molar-refractivity contribution in [2.45, 2.75) is 0 Å². The number of hydrogen-bond donors (Lipinski definition) is 1. The molecule has 0 bridgehead atoms. The lowest BCUT2D eigenvalue weighted by atomic mass is 10.1. The number of rotatable bonds is 5. The molecule has 0 aliphatic carbocycles. The van der Waals surface area contributed by atoms with Gasteiger partial charge in [-0.05, 0) is 0 Å². The molecule has 0 saturated heterocycles. The predicted octanol–water partition coefficient (Wildman–Crippen LogP) is 1.22. The van der Waals surface area contributed by atoms with Crippen LogP contribution in [0, 0.1) is 20.2 Å². The van der Waals surface area contributed by atoms with Gasteiger partial charge in [0.05, 0.1) is 24.1 Å². The van der Waals surface area contributed by atoms with Gasteiger partial charge in [-0.3, -0.25) is 20.2 Å². The van der Waals surface area contributed by atoms with Crippen molar-refractivity contribution in [2.75, 3.05) is 14.2 Å². The molecule has 0 heterocycles. The molecule has 0 fully saturated rings. The highest BCUT2D eigenvalue weighted by molar-refractivity contribution is 5.98. The highest BCUT2D eigenvalue weighted by Crippen LogP contribution is 2.43. The maximum absolute atomic E-state index is 11.1. The van der Waals surface area contributed by atoms with Gasteiger partial charge in [-0.25, -0.2) is 4.79 Å². The van der Waals surface area contributed by atoms with Crippen LogP contribution in [0.2, 0.25) is 0 Å². The maximum atomic E-state index is 11.1. The lowest BCUT2D eigenvalue weighted by molar-refractivity contribution is -0.395. The summed E-state index contributed by atoms with van der Waals surface area (Å²) in [5, 5.41) is 30.6. The van der Waals surface area contributed by atoms with Crippen LogP contribution in [0.4, 0.5) is 11.4 Å². The molecule has 0 saturated carbocycles. The van der Waals surface area contributed by atoms with Gasteiger partial charge in [0.1, 0.15) is 6.07 Å². The third-order valence-electron chi connectivity index (χ3n) is 2.21. The van der Waals surface area contributed by atoms with Crippen molar-refractivity contribution in [3.63, 3.8) is 0 Å². The first-order valence-corrected chi connectivity index (χ1v) is 4.66. The Morgan fingerprint density at radius 1 is 1.11 bits per heavy atom. The Morgan fingerprint density at radius 2 is 1.47 bits per heavy atom. The van der Waals surface area contributed by atoms with Crippen LogP contribution in [-0.4, -0.2) is 35.1 Å². The number of ether oxygens (including phenoxy) is 2. The number of aromatic carboxylic acids is 1. The van der Waals surface area contributed by atoms with Crippen molar-refractivity contribution < 1.29 is 29.2 Å². The van der Waals surface area contributed by atoms with E-state index in [0.29, 0.717) is 6.07 Å². The number of hydrogen-bond acceptors (Lipinski definition) is 7. The number of carboxylic acids is 1. The van der Waals surface area contributed by atoms with Crippen molar-refractivity contribution in [1.82, 2.24) is 0 Å². The Morgan fingerprint density at radius 3 is 1.68 bits per heavy atom. The van der Waals surface area contributed by atoms with Crippen molar-refractivity contribution in [2.24, 2.45) is 0 Å². The fourth-order valence-corrected chi connectivity index (χ4v) is 1.50. The van der Waals surface area contributed by atoms with Gasteiger partial charge in [-0.1, -0.05) is 0 Å². The van der Waals surface area contributed by atoms with E-state index in [0.717, 1.165) is 14.2 Å². The summed E-state index contributed by atoms with van der Waals surface area (Å²) in [6, 6.07) is 0.587. The number of nitrogens with zero attached hydrogens (tertiary/aromatic N) is 2. The van der Waals surface area contributed by atoms with Crippen molar-refractivity contribution >= 4 is 17.3 Å². The second-order valence-corrected chi connectivity index (χ2v) is 3.18. The Hall–Kier alpha value is -2.91. The molecule has 1 aromatic carbocycles. The summed E-state index contributed by atoms with van der Waals surface area (Å²) >= 11 is 0. The van der Waals surface area contributed by atoms with Crippen molar-refractivity contribution in [3.8, 4) is 11.5 Å². The normalized spacial score (nSPS) is 9.79. The molecule has 102 valence electrons. The van der Waals surface area contributed by atoms with Crippen LogP contribution >= 0.6 is 0 Å². The quantitative estimate of drug-likeness (QED) is 0.622. The molecule has 10 nitrogen and oxygen atoms in total. The summed E-state index contributed by atoms with van der Waals surface area (Å²) in [7, 11) is 2.03. The van der Waals surface area contributed by atoms with E-state index in [1.165, 1.54) is 0 Å². The Bertz CT molecular complexity index is 528. The van der Waals surface area contributed by atoms with E-state index >= 15 is 0 Å². The van der Waals surface area contributed by atoms with Crippen molar-refractivity contribution in [1.29, 1.82) is 0 Å². The molecule has 19 heavy (non-hydrogen) atoms. The average molecular weight is 272 g/mol. The molecular weight excluding hydrogens is 264 g/mol. The van der Waals surface area contributed by atoms with Crippen LogP contribution in [0.1, 0.15) is 10.4 Å². The van der Waals surface area contributed by atoms with E-state index in [2.05, 4.69) is 9.47 Å². The van der Waals surface area contributed by atoms with Gasteiger partial charge < -0.3 is 14.6 Å². The molecule has 0 radical (unpaired) electrons. The monoisotopic (exact) mass is 272 g/mol. The van der Waals surface area contributed by atoms with Gasteiger partial charge in [0.15, 0.2) is 5.56 Å². The third kappa shape index (κ3) is 2.36. The van der Waals surface area contributed by atoms with E-state index in [-0.39, 0.29) is 0 Å². The maximum Gasteiger partial charge on any atom is 0.343 e. The van der Waals surface area contributed by atoms with Crippen LogP contribution in [-0.2, 0) is 0 Å². The Kier molecular flexibility index (Phi) is 3.85. The minimum atomic E-state index is -1.64. The van der Waals surface area contributed by atoms with Crippen LogP contribution in [0.15, 0.2) is 6.07 Å². The zero-order chi connectivity index (χ0) is 14.7. The second kappa shape index (κ2) is 5.16. The lowest BCUT2D eigenvalue weighted by Gasteiger charge is -2.10. The molecule has 0 aliphatic heterocycles. The fourth-order valence-electron chi connectivity index (χ4n) is 1.50. The Labute approximate surface area is 105 Å². The minimum absolute atomic E-state index is 0.587. The number of methoxy groups -OCH3 is 2. The van der Waals surface area contributed by atoms with Gasteiger partial charge in [0.2, 0.25) is 11.5 Å². The van der Waals surface area contributed by atoms with Crippen molar-refractivity contribution in [3.05, 3.63) is 31.9 Å². The smallest absolute Gasteiger partial charge is 0.343 e. The van der Waals surface area contributed by atoms with Gasteiger partial charge in [-0.2, -0.15) is 0 Å². The van der Waals surface area contributed by atoms with E-state index in [9.17, 15) is 25.0 Å². The zero-order valence-electron chi connectivity index (χ0n) is 9.78. The number of nitro benzene ring substituents is 2. The minimum Gasteiger partial charge on any atom is -0.489 e. The zero-order valence-corrected chi connectivity index (χ0v) is 9.78. The molecule has 0 amide bonds. The standard InChI is InChI=1S/C9H8N2O8/c1-18-7-4(10(14)15)3-5(11(16)17)8(19-2)6(7)9(12)13/h3H,1-2H3,(H,12,13). The molecule has 0 unspecified atom stereocenters. The molecule has 1 N–H and O–H groups in total. The molecular formula is C9H8N2O8. The summed E-state index contributed by atoms with van der Waals surface area (Å²) in [6.07, 6.45) is 0. The predicted molar refractivity (Wildman–Crippen MR) is 59.8 cm³/mol. The van der Waals surface area contributed by atoms with E-state index in [1.54, 1.807) is 0 Å². The molecule has 0 spiro atoms. The van der Waals surface area contributed by atoms with Gasteiger partial charge in [-0.15, -0.1) is 0 Å². The molecule has 0 aliphatic rings. The summed E-state index contributed by atoms with van der Waals surface area (Å²) in [5.41, 5.74) is -2.43. The van der Waals surface area contributed by atoms with Crippen LogP contribution in [0.3, 0.4) is 0 Å². The summed E-state index contributed by atoms with van der Waals surface area (Å²) in [4.78, 5) is 30.8. The lowest BCUT2D eigenvalue weighted by Crippen LogP contribution is -2.08. The van der Waals surface area contributed by atoms with E-state index in [4.69, 9.17) is 5.11 Å². The Balaban J connectivity index is 3.87. The number of carboxylic acid groups (broad SMARTS) is 1. The highest BCUT2D eigenvalue weighted by Gasteiger charge is 2.35. The largest absolute Gasteiger partial charge is 0.489 e. The third-order valence-corrected chi connectivity index (χ3v) is 2.21. The highest BCUT2D eigenvalue weighted by atomic mass is 16.6. The summed E-state index contributed by atoms with van der Waals surface area (Å²) in [5.74, 6) is -2.86. The second-order valence-electron chi connectivity index (χ2n) is 3.18. The fraction of sp³-hybridized carbons (Fsp3) is 0.222. The number of benzene rings is 1. The summed E-state index contributed by atoms with van der Waals surface area (Å²) < 4.78 is 9.30. The summed E-state index contributed by atoms with van der Waals surface area (Å²) in [6.45, 7) is 0. The van der Waals surface area contributed by atoms with Gasteiger partial charge in [0.25, 0.3) is 0 Å². The first-order chi connectivity index (χ1) is 8.84.